The maximum atomic E-state index is 12.4. The minimum Gasteiger partial charge on any atom is -0.489 e. The zero-order valence-electron chi connectivity index (χ0n) is 16.2. The number of benzene rings is 3. The summed E-state index contributed by atoms with van der Waals surface area (Å²) < 4.78 is 5.74. The van der Waals surface area contributed by atoms with Crippen LogP contribution in [0.5, 0.6) is 5.75 Å². The summed E-state index contributed by atoms with van der Waals surface area (Å²) >= 11 is 12.0. The standard InChI is InChI=1S/C24H18Cl2N2O2/c1-16-2-9-21(13-23(16)26)28-24(29)19(14-27)12-17-5-10-22(11-6-17)30-15-18-3-7-20(25)8-4-18/h2-13H,15H2,1H3,(H,28,29)/b19-12-. The first-order chi connectivity index (χ1) is 14.4. The molecule has 1 amide bonds. The maximum Gasteiger partial charge on any atom is 0.266 e. The summed E-state index contributed by atoms with van der Waals surface area (Å²) in [5, 5.41) is 13.3. The Bertz CT molecular complexity index is 1120. The minimum absolute atomic E-state index is 0.0125. The molecule has 6 heteroatoms. The molecule has 1 N–H and O–H groups in total. The Balaban J connectivity index is 1.64. The molecule has 30 heavy (non-hydrogen) atoms. The third kappa shape index (κ3) is 5.87. The van der Waals surface area contributed by atoms with Crippen molar-refractivity contribution in [1.82, 2.24) is 0 Å². The summed E-state index contributed by atoms with van der Waals surface area (Å²) in [6.45, 7) is 2.29. The zero-order chi connectivity index (χ0) is 21.5. The molecule has 0 atom stereocenters. The zero-order valence-corrected chi connectivity index (χ0v) is 17.7. The van der Waals surface area contributed by atoms with Gasteiger partial charge in [-0.25, -0.2) is 0 Å². The summed E-state index contributed by atoms with van der Waals surface area (Å²) in [5.41, 5.74) is 3.14. The Labute approximate surface area is 185 Å². The number of aryl methyl sites for hydroxylation is 1. The number of rotatable bonds is 6. The van der Waals surface area contributed by atoms with E-state index in [-0.39, 0.29) is 5.57 Å². The molecule has 3 aromatic rings. The van der Waals surface area contributed by atoms with Crippen molar-refractivity contribution < 1.29 is 9.53 Å². The highest BCUT2D eigenvalue weighted by Crippen LogP contribution is 2.21. The number of nitriles is 1. The first-order valence-corrected chi connectivity index (χ1v) is 9.87. The van der Waals surface area contributed by atoms with Crippen LogP contribution in [0.2, 0.25) is 10.0 Å². The van der Waals surface area contributed by atoms with Crippen LogP contribution in [0.4, 0.5) is 5.69 Å². The van der Waals surface area contributed by atoms with Crippen molar-refractivity contribution in [2.45, 2.75) is 13.5 Å². The molecule has 3 aromatic carbocycles. The van der Waals surface area contributed by atoms with Crippen LogP contribution in [0, 0.1) is 18.3 Å². The second kappa shape index (κ2) is 9.98. The fraction of sp³-hybridized carbons (Fsp3) is 0.0833. The van der Waals surface area contributed by atoms with E-state index >= 15 is 0 Å². The summed E-state index contributed by atoms with van der Waals surface area (Å²) in [4.78, 5) is 12.4. The number of nitrogens with one attached hydrogen (secondary N) is 1. The highest BCUT2D eigenvalue weighted by molar-refractivity contribution is 6.31. The van der Waals surface area contributed by atoms with Crippen molar-refractivity contribution in [3.63, 3.8) is 0 Å². The molecule has 0 bridgehead atoms. The van der Waals surface area contributed by atoms with Crippen LogP contribution in [-0.4, -0.2) is 5.91 Å². The number of hydrogen-bond acceptors (Lipinski definition) is 3. The van der Waals surface area contributed by atoms with E-state index in [9.17, 15) is 10.1 Å². The number of anilines is 1. The first kappa shape index (κ1) is 21.4. The Kier molecular flexibility index (Phi) is 7.13. The van der Waals surface area contributed by atoms with Crippen molar-refractivity contribution >= 4 is 40.9 Å². The Morgan fingerprint density at radius 1 is 1.07 bits per heavy atom. The lowest BCUT2D eigenvalue weighted by atomic mass is 10.1. The predicted octanol–water partition coefficient (Wildman–Crippen LogP) is 6.43. The lowest BCUT2D eigenvalue weighted by molar-refractivity contribution is -0.112. The molecule has 0 saturated heterocycles. The third-order valence-corrected chi connectivity index (χ3v) is 4.96. The Hall–Kier alpha value is -3.26. The van der Waals surface area contributed by atoms with E-state index in [1.807, 2.05) is 37.3 Å². The van der Waals surface area contributed by atoms with Gasteiger partial charge >= 0.3 is 0 Å². The van der Waals surface area contributed by atoms with Gasteiger partial charge in [0.2, 0.25) is 0 Å². The molecule has 3 rings (SSSR count). The Morgan fingerprint density at radius 3 is 2.40 bits per heavy atom. The van der Waals surface area contributed by atoms with Gasteiger partial charge in [0.25, 0.3) is 5.91 Å². The molecule has 0 aliphatic carbocycles. The highest BCUT2D eigenvalue weighted by atomic mass is 35.5. The monoisotopic (exact) mass is 436 g/mol. The summed E-state index contributed by atoms with van der Waals surface area (Å²) in [6, 6.07) is 21.7. The van der Waals surface area contributed by atoms with Crippen molar-refractivity contribution in [3.05, 3.63) is 99.0 Å². The maximum absolute atomic E-state index is 12.4. The number of halogens is 2. The predicted molar refractivity (Wildman–Crippen MR) is 121 cm³/mol. The van der Waals surface area contributed by atoms with Crippen molar-refractivity contribution in [2.24, 2.45) is 0 Å². The van der Waals surface area contributed by atoms with Crippen molar-refractivity contribution in [3.8, 4) is 11.8 Å². The molecule has 0 saturated carbocycles. The SMILES string of the molecule is Cc1ccc(NC(=O)/C(C#N)=C\c2ccc(OCc3ccc(Cl)cc3)cc2)cc1Cl. The van der Waals surface area contributed by atoms with E-state index in [1.165, 1.54) is 6.08 Å². The molecule has 150 valence electrons. The van der Waals surface area contributed by atoms with Gasteiger partial charge < -0.3 is 10.1 Å². The first-order valence-electron chi connectivity index (χ1n) is 9.11. The van der Waals surface area contributed by atoms with Gasteiger partial charge in [0.1, 0.15) is 24.0 Å². The number of hydrogen-bond donors (Lipinski definition) is 1. The summed E-state index contributed by atoms with van der Waals surface area (Å²) in [6.07, 6.45) is 1.52. The van der Waals surface area contributed by atoms with Crippen LogP contribution in [-0.2, 0) is 11.4 Å². The van der Waals surface area contributed by atoms with Gasteiger partial charge in [0.05, 0.1) is 0 Å². The molecule has 0 heterocycles. The topological polar surface area (TPSA) is 62.1 Å². The van der Waals surface area contributed by atoms with E-state index in [0.717, 1.165) is 11.1 Å². The van der Waals surface area contributed by atoms with Gasteiger partial charge in [-0.3, -0.25) is 4.79 Å². The smallest absolute Gasteiger partial charge is 0.266 e. The van der Waals surface area contributed by atoms with Gasteiger partial charge in [-0.05, 0) is 66.1 Å². The number of nitrogens with zero attached hydrogens (tertiary/aromatic N) is 1. The van der Waals surface area contributed by atoms with Crippen molar-refractivity contribution in [1.29, 1.82) is 5.26 Å². The van der Waals surface area contributed by atoms with Crippen LogP contribution < -0.4 is 10.1 Å². The minimum atomic E-state index is -0.500. The summed E-state index contributed by atoms with van der Waals surface area (Å²) in [5.74, 6) is 0.180. The van der Waals surface area contributed by atoms with Crippen LogP contribution in [0.1, 0.15) is 16.7 Å². The molecular weight excluding hydrogens is 419 g/mol. The molecule has 4 nitrogen and oxygen atoms in total. The summed E-state index contributed by atoms with van der Waals surface area (Å²) in [7, 11) is 0. The second-order valence-corrected chi connectivity index (χ2v) is 7.42. The van der Waals surface area contributed by atoms with E-state index in [1.54, 1.807) is 42.5 Å². The highest BCUT2D eigenvalue weighted by Gasteiger charge is 2.10. The van der Waals surface area contributed by atoms with Crippen LogP contribution in [0.15, 0.2) is 72.3 Å². The molecular formula is C24H18Cl2N2O2. The van der Waals surface area contributed by atoms with Crippen molar-refractivity contribution in [2.75, 3.05) is 5.32 Å². The quantitative estimate of drug-likeness (QED) is 0.357. The normalized spacial score (nSPS) is 10.9. The van der Waals surface area contributed by atoms with E-state index < -0.39 is 5.91 Å². The van der Waals surface area contributed by atoms with Gasteiger partial charge in [0, 0.05) is 15.7 Å². The lowest BCUT2D eigenvalue weighted by Gasteiger charge is -2.07. The molecule has 0 aromatic heterocycles. The molecule has 0 radical (unpaired) electrons. The Morgan fingerprint density at radius 2 is 1.77 bits per heavy atom. The van der Waals surface area contributed by atoms with E-state index in [2.05, 4.69) is 5.32 Å². The van der Waals surface area contributed by atoms with Crippen LogP contribution in [0.3, 0.4) is 0 Å². The van der Waals surface area contributed by atoms with Gasteiger partial charge in [-0.2, -0.15) is 5.26 Å². The number of carbonyl (C=O) groups is 1. The number of amides is 1. The second-order valence-electron chi connectivity index (χ2n) is 6.57. The van der Waals surface area contributed by atoms with Crippen LogP contribution in [0.25, 0.3) is 6.08 Å². The molecule has 0 fully saturated rings. The fourth-order valence-corrected chi connectivity index (χ4v) is 2.90. The van der Waals surface area contributed by atoms with Crippen LogP contribution >= 0.6 is 23.2 Å². The average molecular weight is 437 g/mol. The van der Waals surface area contributed by atoms with Gasteiger partial charge in [0.15, 0.2) is 0 Å². The molecule has 0 spiro atoms. The lowest BCUT2D eigenvalue weighted by Crippen LogP contribution is -2.13. The average Bonchev–Trinajstić information content (AvgIpc) is 2.75. The van der Waals surface area contributed by atoms with E-state index in [0.29, 0.717) is 33.7 Å². The largest absolute Gasteiger partial charge is 0.489 e. The fourth-order valence-electron chi connectivity index (χ4n) is 2.59. The van der Waals surface area contributed by atoms with E-state index in [4.69, 9.17) is 27.9 Å². The van der Waals surface area contributed by atoms with Gasteiger partial charge in [-0.15, -0.1) is 0 Å². The number of carbonyl (C=O) groups excluding carboxylic acids is 1. The molecule has 0 aliphatic heterocycles. The molecule has 0 unspecified atom stereocenters. The molecule has 0 aliphatic rings. The third-order valence-electron chi connectivity index (χ3n) is 4.30. The van der Waals surface area contributed by atoms with Gasteiger partial charge in [-0.1, -0.05) is 53.5 Å². The number of ether oxygens (including phenoxy) is 1.